The molecule has 6 fully saturated rings. The van der Waals surface area contributed by atoms with Gasteiger partial charge in [-0.05, 0) is 86.7 Å². The first-order chi connectivity index (χ1) is 16.2. The minimum atomic E-state index is -3.79. The summed E-state index contributed by atoms with van der Waals surface area (Å²) in [7, 11) is -2.26. The van der Waals surface area contributed by atoms with E-state index in [1.807, 2.05) is 0 Å². The van der Waals surface area contributed by atoms with Gasteiger partial charge in [0.05, 0.1) is 18.3 Å². The predicted molar refractivity (Wildman–Crippen MR) is 125 cm³/mol. The lowest BCUT2D eigenvalue weighted by atomic mass is 9.50. The van der Waals surface area contributed by atoms with Crippen molar-refractivity contribution >= 4 is 15.8 Å². The van der Waals surface area contributed by atoms with Crippen LogP contribution < -0.4 is 4.74 Å². The van der Waals surface area contributed by atoms with E-state index >= 15 is 4.39 Å². The summed E-state index contributed by atoms with van der Waals surface area (Å²) in [5.41, 5.74) is 0.929. The number of ketones is 1. The van der Waals surface area contributed by atoms with E-state index in [2.05, 4.69) is 0 Å². The Morgan fingerprint density at radius 1 is 1.09 bits per heavy atom. The van der Waals surface area contributed by atoms with Crippen LogP contribution in [0, 0.1) is 29.0 Å². The molecule has 0 unspecified atom stereocenters. The fourth-order valence-electron chi connectivity index (χ4n) is 7.43. The Labute approximate surface area is 201 Å². The molecule has 4 bridgehead atoms. The Balaban J connectivity index is 1.18. The van der Waals surface area contributed by atoms with E-state index in [0.29, 0.717) is 12.4 Å². The molecular weight excluding hydrogens is 457 g/mol. The van der Waals surface area contributed by atoms with Gasteiger partial charge in [0.25, 0.3) is 0 Å². The summed E-state index contributed by atoms with van der Waals surface area (Å²) in [4.78, 5) is 12.9. The summed E-state index contributed by atoms with van der Waals surface area (Å²) >= 11 is 0. The van der Waals surface area contributed by atoms with Crippen LogP contribution in [-0.4, -0.2) is 57.2 Å². The minimum Gasteiger partial charge on any atom is -0.493 e. The molecule has 0 atom stereocenters. The largest absolute Gasteiger partial charge is 0.493 e. The molecule has 186 valence electrons. The van der Waals surface area contributed by atoms with E-state index in [1.165, 1.54) is 56.0 Å². The molecule has 0 spiro atoms. The van der Waals surface area contributed by atoms with E-state index in [-0.39, 0.29) is 36.1 Å². The van der Waals surface area contributed by atoms with Crippen molar-refractivity contribution in [3.05, 3.63) is 29.1 Å². The van der Waals surface area contributed by atoms with Crippen LogP contribution in [0.4, 0.5) is 4.39 Å². The number of sulfonamides is 1. The maximum Gasteiger partial charge on any atom is 0.221 e. The van der Waals surface area contributed by atoms with Gasteiger partial charge in [0.15, 0.2) is 5.78 Å². The maximum atomic E-state index is 15.1. The highest BCUT2D eigenvalue weighted by molar-refractivity contribution is 7.89. The van der Waals surface area contributed by atoms with Crippen molar-refractivity contribution in [1.29, 1.82) is 0 Å². The lowest BCUT2D eigenvalue weighted by Gasteiger charge is -2.56. The van der Waals surface area contributed by atoms with Gasteiger partial charge in [-0.2, -0.15) is 4.31 Å². The lowest BCUT2D eigenvalue weighted by Crippen LogP contribution is -2.55. The van der Waals surface area contributed by atoms with Gasteiger partial charge in [-0.15, -0.1) is 0 Å². The first kappa shape index (κ1) is 22.9. The zero-order valence-corrected chi connectivity index (χ0v) is 20.6. The van der Waals surface area contributed by atoms with Crippen LogP contribution in [0.2, 0.25) is 0 Å². The number of hydrogen-bond acceptors (Lipinski definition) is 5. The zero-order chi connectivity index (χ0) is 23.7. The number of halogens is 1. The Morgan fingerprint density at radius 2 is 1.71 bits per heavy atom. The second-order valence-electron chi connectivity index (χ2n) is 11.7. The standard InChI is InChI=1S/C26H34FNO5S/c1-32-20-12-28(13-20)34(30,31)14-24(29)22-7-21(19-2-3-19)25(8-23(22)27)33-15-26-9-16-4-17(10-26)6-18(5-16)11-26/h7-8,16-20H,2-6,9-15H2,1H3. The van der Waals surface area contributed by atoms with Crippen molar-refractivity contribution < 1.29 is 27.1 Å². The summed E-state index contributed by atoms with van der Waals surface area (Å²) in [6.07, 6.45) is 9.57. The molecule has 34 heavy (non-hydrogen) atoms. The average Bonchev–Trinajstić information content (AvgIpc) is 3.55. The molecule has 1 saturated heterocycles. The van der Waals surface area contributed by atoms with Gasteiger partial charge in [-0.1, -0.05) is 0 Å². The summed E-state index contributed by atoms with van der Waals surface area (Å²) in [6.45, 7) is 1.09. The molecule has 8 heteroatoms. The molecule has 5 aliphatic carbocycles. The van der Waals surface area contributed by atoms with Gasteiger partial charge in [0.1, 0.15) is 17.3 Å². The Bertz CT molecular complexity index is 1060. The Hall–Kier alpha value is -1.51. The number of carbonyl (C=O) groups is 1. The lowest BCUT2D eigenvalue weighted by molar-refractivity contribution is -0.0747. The zero-order valence-electron chi connectivity index (χ0n) is 19.8. The third-order valence-electron chi connectivity index (χ3n) is 8.97. The quantitative estimate of drug-likeness (QED) is 0.486. The Kier molecular flexibility index (Phi) is 5.58. The fraction of sp³-hybridized carbons (Fsp3) is 0.731. The van der Waals surface area contributed by atoms with Crippen LogP contribution in [0.3, 0.4) is 0 Å². The summed E-state index contributed by atoms with van der Waals surface area (Å²) < 4.78 is 52.9. The molecule has 6 nitrogen and oxygen atoms in total. The third-order valence-corrected chi connectivity index (χ3v) is 10.7. The smallest absolute Gasteiger partial charge is 0.221 e. The van der Waals surface area contributed by atoms with E-state index in [9.17, 15) is 13.2 Å². The van der Waals surface area contributed by atoms with Gasteiger partial charge < -0.3 is 9.47 Å². The van der Waals surface area contributed by atoms with Crippen molar-refractivity contribution in [3.8, 4) is 5.75 Å². The van der Waals surface area contributed by atoms with Crippen LogP contribution in [0.25, 0.3) is 0 Å². The summed E-state index contributed by atoms with van der Waals surface area (Å²) in [6, 6.07) is 2.90. The minimum absolute atomic E-state index is 0.142. The highest BCUT2D eigenvalue weighted by Gasteiger charge is 2.51. The fourth-order valence-corrected chi connectivity index (χ4v) is 8.89. The van der Waals surface area contributed by atoms with Gasteiger partial charge in [-0.25, -0.2) is 12.8 Å². The molecule has 5 saturated carbocycles. The number of rotatable bonds is 9. The van der Waals surface area contributed by atoms with E-state index in [1.54, 1.807) is 6.07 Å². The number of hydrogen-bond donors (Lipinski definition) is 0. The van der Waals surface area contributed by atoms with Crippen LogP contribution >= 0.6 is 0 Å². The monoisotopic (exact) mass is 491 g/mol. The molecule has 0 radical (unpaired) electrons. The van der Waals surface area contributed by atoms with E-state index in [4.69, 9.17) is 9.47 Å². The molecule has 7 rings (SSSR count). The molecule has 1 aromatic carbocycles. The van der Waals surface area contributed by atoms with Crippen molar-refractivity contribution in [2.24, 2.45) is 23.2 Å². The summed E-state index contributed by atoms with van der Waals surface area (Å²) in [5, 5.41) is 0. The maximum absolute atomic E-state index is 15.1. The first-order valence-electron chi connectivity index (χ1n) is 12.7. The molecule has 0 aromatic heterocycles. The molecule has 1 heterocycles. The number of benzene rings is 1. The van der Waals surface area contributed by atoms with Gasteiger partial charge in [0.2, 0.25) is 10.0 Å². The summed E-state index contributed by atoms with van der Waals surface area (Å²) in [5.74, 6) is 1.15. The van der Waals surface area contributed by atoms with Gasteiger partial charge >= 0.3 is 0 Å². The number of carbonyl (C=O) groups excluding carboxylic acids is 1. The predicted octanol–water partition coefficient (Wildman–Crippen LogP) is 4.14. The Morgan fingerprint density at radius 3 is 2.26 bits per heavy atom. The highest BCUT2D eigenvalue weighted by atomic mass is 32.2. The SMILES string of the molecule is COC1CN(S(=O)(=O)CC(=O)c2cc(C3CC3)c(OCC34CC5CC(CC(C5)C3)C4)cc2F)C1. The van der Waals surface area contributed by atoms with Crippen molar-refractivity contribution in [2.45, 2.75) is 63.4 Å². The number of nitrogens with zero attached hydrogens (tertiary/aromatic N) is 1. The normalized spacial score (nSPS) is 33.2. The van der Waals surface area contributed by atoms with Gasteiger partial charge in [0, 0.05) is 31.7 Å². The third kappa shape index (κ3) is 4.20. The van der Waals surface area contributed by atoms with Crippen molar-refractivity contribution in [1.82, 2.24) is 4.31 Å². The molecule has 0 amide bonds. The van der Waals surface area contributed by atoms with E-state index < -0.39 is 27.4 Å². The van der Waals surface area contributed by atoms with Crippen LogP contribution in [0.5, 0.6) is 5.75 Å². The molecule has 1 aromatic rings. The van der Waals surface area contributed by atoms with Gasteiger partial charge in [-0.3, -0.25) is 4.79 Å². The second-order valence-corrected chi connectivity index (χ2v) is 13.7. The molecular formula is C26H34FNO5S. The van der Waals surface area contributed by atoms with Crippen LogP contribution in [0.15, 0.2) is 12.1 Å². The topological polar surface area (TPSA) is 72.9 Å². The number of methoxy groups -OCH3 is 1. The molecule has 1 aliphatic heterocycles. The van der Waals surface area contributed by atoms with Crippen molar-refractivity contribution in [2.75, 3.05) is 32.6 Å². The second kappa shape index (κ2) is 8.27. The molecule has 0 N–H and O–H groups in total. The highest BCUT2D eigenvalue weighted by Crippen LogP contribution is 2.60. The first-order valence-corrected chi connectivity index (χ1v) is 14.3. The molecule has 6 aliphatic rings. The van der Waals surface area contributed by atoms with Crippen molar-refractivity contribution in [3.63, 3.8) is 0 Å². The average molecular weight is 492 g/mol. The van der Waals surface area contributed by atoms with Crippen LogP contribution in [0.1, 0.15) is 73.2 Å². The van der Waals surface area contributed by atoms with E-state index in [0.717, 1.165) is 36.2 Å². The van der Waals surface area contributed by atoms with Crippen LogP contribution in [-0.2, 0) is 14.8 Å². The number of Topliss-reactive ketones (excluding diaryl/α,β-unsaturated/α-hetero) is 1. The number of ether oxygens (including phenoxy) is 2.